The summed E-state index contributed by atoms with van der Waals surface area (Å²) in [7, 11) is 0. The average Bonchev–Trinajstić information content (AvgIpc) is 3.34. The molecule has 0 bridgehead atoms. The summed E-state index contributed by atoms with van der Waals surface area (Å²) in [4.78, 5) is 6.85. The highest BCUT2D eigenvalue weighted by Crippen LogP contribution is 2.43. The normalized spacial score (nSPS) is 17.8. The minimum atomic E-state index is -0.251. The number of thiocarbonyl (C=S) groups is 1. The van der Waals surface area contributed by atoms with Gasteiger partial charge in [0.2, 0.25) is 0 Å². The zero-order valence-electron chi connectivity index (χ0n) is 20.4. The van der Waals surface area contributed by atoms with E-state index in [0.29, 0.717) is 11.0 Å². The Morgan fingerprint density at radius 1 is 0.943 bits per heavy atom. The van der Waals surface area contributed by atoms with Gasteiger partial charge in [-0.25, -0.2) is 4.39 Å². The Labute approximate surface area is 211 Å². The van der Waals surface area contributed by atoms with Crippen LogP contribution in [0.3, 0.4) is 0 Å². The Kier molecular flexibility index (Phi) is 6.15. The fraction of sp³-hybridized carbons (Fsp3) is 0.241. The van der Waals surface area contributed by atoms with Crippen LogP contribution in [0.5, 0.6) is 0 Å². The number of hydrogen-bond acceptors (Lipinski definition) is 2. The Morgan fingerprint density at radius 3 is 2.37 bits per heavy atom. The number of aromatic nitrogens is 2. The van der Waals surface area contributed by atoms with E-state index < -0.39 is 0 Å². The third-order valence-corrected chi connectivity index (χ3v) is 7.11. The van der Waals surface area contributed by atoms with Crippen molar-refractivity contribution in [2.75, 3.05) is 4.90 Å². The first-order valence-corrected chi connectivity index (χ1v) is 12.3. The van der Waals surface area contributed by atoms with Crippen molar-refractivity contribution in [2.45, 2.75) is 45.7 Å². The van der Waals surface area contributed by atoms with Gasteiger partial charge in [0.05, 0.1) is 17.8 Å². The maximum absolute atomic E-state index is 14.1. The lowest BCUT2D eigenvalue weighted by atomic mass is 9.96. The van der Waals surface area contributed by atoms with Gasteiger partial charge in [0.25, 0.3) is 0 Å². The largest absolute Gasteiger partial charge is 0.351 e. The Hall–Kier alpha value is -3.51. The minimum absolute atomic E-state index is 0.115. The van der Waals surface area contributed by atoms with E-state index in [2.05, 4.69) is 77.8 Å². The van der Waals surface area contributed by atoms with E-state index in [9.17, 15) is 4.39 Å². The van der Waals surface area contributed by atoms with Crippen LogP contribution >= 0.6 is 12.2 Å². The monoisotopic (exact) mass is 484 g/mol. The molecular formula is C29H29FN4S. The number of nitrogens with zero attached hydrogens (tertiary/aromatic N) is 3. The van der Waals surface area contributed by atoms with Gasteiger partial charge in [-0.3, -0.25) is 4.98 Å². The number of benzene rings is 2. The Bertz CT molecular complexity index is 1360. The number of aryl methyl sites for hydroxylation is 1. The molecule has 0 saturated carbocycles. The molecule has 2 atom stereocenters. The van der Waals surface area contributed by atoms with Gasteiger partial charge in [0.1, 0.15) is 5.82 Å². The molecule has 1 fully saturated rings. The van der Waals surface area contributed by atoms with Gasteiger partial charge >= 0.3 is 0 Å². The van der Waals surface area contributed by atoms with E-state index in [-0.39, 0.29) is 17.9 Å². The van der Waals surface area contributed by atoms with Crippen molar-refractivity contribution in [2.24, 2.45) is 0 Å². The highest BCUT2D eigenvalue weighted by Gasteiger charge is 2.42. The molecule has 2 aromatic carbocycles. The molecule has 3 heterocycles. The lowest BCUT2D eigenvalue weighted by molar-refractivity contribution is 0.565. The summed E-state index contributed by atoms with van der Waals surface area (Å²) in [5, 5.41) is 4.20. The minimum Gasteiger partial charge on any atom is -0.351 e. The summed E-state index contributed by atoms with van der Waals surface area (Å²) in [6.07, 6.45) is 1.81. The molecule has 35 heavy (non-hydrogen) atoms. The molecule has 0 spiro atoms. The van der Waals surface area contributed by atoms with Gasteiger partial charge in [-0.15, -0.1) is 0 Å². The number of nitrogens with one attached hydrogen (secondary N) is 1. The molecule has 2 aromatic heterocycles. The molecule has 1 aliphatic rings. The van der Waals surface area contributed by atoms with Gasteiger partial charge in [-0.05, 0) is 91.6 Å². The van der Waals surface area contributed by atoms with Crippen molar-refractivity contribution in [3.63, 3.8) is 0 Å². The molecule has 6 heteroatoms. The van der Waals surface area contributed by atoms with Crippen LogP contribution < -0.4 is 10.2 Å². The second-order valence-electron chi connectivity index (χ2n) is 9.38. The molecule has 0 radical (unpaired) electrons. The van der Waals surface area contributed by atoms with Crippen molar-refractivity contribution in [3.05, 3.63) is 113 Å². The van der Waals surface area contributed by atoms with Crippen LogP contribution in [-0.4, -0.2) is 14.7 Å². The number of halogens is 1. The quantitative estimate of drug-likeness (QED) is 0.312. The molecule has 4 nitrogen and oxygen atoms in total. The second kappa shape index (κ2) is 9.27. The van der Waals surface area contributed by atoms with Crippen LogP contribution in [0.2, 0.25) is 0 Å². The average molecular weight is 485 g/mol. The first-order chi connectivity index (χ1) is 16.8. The van der Waals surface area contributed by atoms with Crippen molar-refractivity contribution >= 4 is 23.0 Å². The summed E-state index contributed by atoms with van der Waals surface area (Å²) >= 11 is 5.89. The van der Waals surface area contributed by atoms with Crippen molar-refractivity contribution in [1.82, 2.24) is 14.9 Å². The molecule has 2 unspecified atom stereocenters. The lowest BCUT2D eigenvalue weighted by Crippen LogP contribution is -2.29. The first kappa shape index (κ1) is 23.2. The van der Waals surface area contributed by atoms with Gasteiger partial charge in [0.15, 0.2) is 5.11 Å². The zero-order chi connectivity index (χ0) is 24.7. The van der Waals surface area contributed by atoms with Crippen LogP contribution in [0.1, 0.15) is 60.1 Å². The predicted octanol–water partition coefficient (Wildman–Crippen LogP) is 6.93. The zero-order valence-corrected chi connectivity index (χ0v) is 21.2. The van der Waals surface area contributed by atoms with E-state index >= 15 is 0 Å². The lowest BCUT2D eigenvalue weighted by Gasteiger charge is -2.28. The topological polar surface area (TPSA) is 33.1 Å². The number of hydrogen-bond donors (Lipinski definition) is 1. The molecule has 4 aromatic rings. The molecule has 1 aliphatic heterocycles. The molecule has 0 amide bonds. The van der Waals surface area contributed by atoms with Crippen LogP contribution in [-0.2, 0) is 0 Å². The SMILES string of the molecule is Cc1cc(C2C(c3ccccn3)NC(=S)N2c2ccc(C(C)C)cc2)c(C)n1-c1cccc(F)c1. The van der Waals surface area contributed by atoms with Gasteiger partial charge in [-0.1, -0.05) is 38.1 Å². The molecule has 1 saturated heterocycles. The smallest absolute Gasteiger partial charge is 0.174 e. The molecule has 178 valence electrons. The van der Waals surface area contributed by atoms with Crippen LogP contribution in [0, 0.1) is 19.7 Å². The van der Waals surface area contributed by atoms with E-state index in [1.807, 2.05) is 30.5 Å². The molecular weight excluding hydrogens is 455 g/mol. The number of anilines is 1. The van der Waals surface area contributed by atoms with Crippen LogP contribution in [0.4, 0.5) is 10.1 Å². The Balaban J connectivity index is 1.66. The second-order valence-corrected chi connectivity index (χ2v) is 9.77. The highest BCUT2D eigenvalue weighted by atomic mass is 32.1. The third kappa shape index (κ3) is 4.23. The molecule has 0 aliphatic carbocycles. The first-order valence-electron chi connectivity index (χ1n) is 11.9. The summed E-state index contributed by atoms with van der Waals surface area (Å²) in [6.45, 7) is 8.53. The molecule has 5 rings (SSSR count). The Morgan fingerprint density at radius 2 is 1.71 bits per heavy atom. The van der Waals surface area contributed by atoms with Gasteiger partial charge < -0.3 is 14.8 Å². The van der Waals surface area contributed by atoms with Crippen molar-refractivity contribution < 1.29 is 4.39 Å². The van der Waals surface area contributed by atoms with E-state index in [0.717, 1.165) is 34.0 Å². The number of pyridine rings is 1. The van der Waals surface area contributed by atoms with Gasteiger partial charge in [0, 0.05) is 29.0 Å². The predicted molar refractivity (Wildman–Crippen MR) is 144 cm³/mol. The van der Waals surface area contributed by atoms with E-state index in [4.69, 9.17) is 12.2 Å². The van der Waals surface area contributed by atoms with E-state index in [1.54, 1.807) is 12.1 Å². The number of rotatable bonds is 5. The summed E-state index contributed by atoms with van der Waals surface area (Å²) in [6, 6.07) is 23.2. The van der Waals surface area contributed by atoms with Crippen LogP contribution in [0.25, 0.3) is 5.69 Å². The maximum atomic E-state index is 14.1. The maximum Gasteiger partial charge on any atom is 0.174 e. The highest BCUT2D eigenvalue weighted by molar-refractivity contribution is 7.80. The van der Waals surface area contributed by atoms with E-state index in [1.165, 1.54) is 11.6 Å². The standard InChI is InChI=1S/C29H29FN4S/c1-18(2)21-11-13-23(14-12-21)34-28(27(32-29(34)35)26-10-5-6-15-31-26)25-16-19(3)33(20(25)4)24-9-7-8-22(30)17-24/h5-18,27-28H,1-4H3,(H,32,35). The van der Waals surface area contributed by atoms with Crippen molar-refractivity contribution in [3.8, 4) is 5.69 Å². The van der Waals surface area contributed by atoms with Crippen LogP contribution in [0.15, 0.2) is 79.0 Å². The summed E-state index contributed by atoms with van der Waals surface area (Å²) in [5.41, 5.74) is 7.27. The fourth-order valence-corrected chi connectivity index (χ4v) is 5.41. The fourth-order valence-electron chi connectivity index (χ4n) is 5.07. The molecule has 1 N–H and O–H groups in total. The summed E-state index contributed by atoms with van der Waals surface area (Å²) in [5.74, 6) is 0.202. The third-order valence-electron chi connectivity index (χ3n) is 6.79. The van der Waals surface area contributed by atoms with Crippen molar-refractivity contribution in [1.29, 1.82) is 0 Å². The van der Waals surface area contributed by atoms with Gasteiger partial charge in [-0.2, -0.15) is 0 Å². The summed E-state index contributed by atoms with van der Waals surface area (Å²) < 4.78 is 16.2.